The largest absolute Gasteiger partial charge is 0.383 e. The van der Waals surface area contributed by atoms with Gasteiger partial charge in [0.1, 0.15) is 5.82 Å². The third kappa shape index (κ3) is 1.46. The number of nitrogen functional groups attached to an aromatic ring is 1. The molecule has 0 spiro atoms. The zero-order chi connectivity index (χ0) is 10.8. The van der Waals surface area contributed by atoms with Crippen LogP contribution in [-0.4, -0.2) is 17.9 Å². The molecule has 0 aliphatic heterocycles. The number of hydrogen-bond acceptors (Lipinski definition) is 3. The van der Waals surface area contributed by atoms with Crippen molar-refractivity contribution in [2.45, 2.75) is 0 Å². The molecule has 0 bridgehead atoms. The fourth-order valence-electron chi connectivity index (χ4n) is 0.677. The van der Waals surface area contributed by atoms with Gasteiger partial charge in [-0.1, -0.05) is 0 Å². The van der Waals surface area contributed by atoms with Crippen LogP contribution in [0.5, 0.6) is 0 Å². The zero-order valence-corrected chi connectivity index (χ0v) is 5.66. The van der Waals surface area contributed by atoms with Gasteiger partial charge in [-0.15, -0.1) is 0 Å². The van der Waals surface area contributed by atoms with Crippen LogP contribution in [0.25, 0.3) is 0 Å². The summed E-state index contributed by atoms with van der Waals surface area (Å²) >= 11 is 0. The first-order valence-electron chi connectivity index (χ1n) is 4.43. The molecule has 58 valence electrons. The maximum Gasteiger partial charge on any atom is 0.254 e. The van der Waals surface area contributed by atoms with Gasteiger partial charge in [-0.2, -0.15) is 0 Å². The van der Waals surface area contributed by atoms with E-state index in [-0.39, 0.29) is 11.4 Å². The van der Waals surface area contributed by atoms with Crippen molar-refractivity contribution in [2.24, 2.45) is 0 Å². The molecule has 0 atom stereocenters. The molecular weight excluding hydrogens is 142 g/mol. The zero-order valence-electron chi connectivity index (χ0n) is 8.66. The third-order valence-electron chi connectivity index (χ3n) is 1.20. The summed E-state index contributed by atoms with van der Waals surface area (Å²) in [6.45, 7) is -2.51. The highest BCUT2D eigenvalue weighted by Gasteiger charge is 2.05. The van der Waals surface area contributed by atoms with E-state index in [1.54, 1.807) is 0 Å². The molecule has 1 amide bonds. The molecule has 1 aromatic rings. The number of carbonyl (C=O) groups excluding carboxylic acids is 1. The van der Waals surface area contributed by atoms with Crippen molar-refractivity contribution in [3.05, 3.63) is 23.9 Å². The van der Waals surface area contributed by atoms with Gasteiger partial charge in [0.25, 0.3) is 5.91 Å². The summed E-state index contributed by atoms with van der Waals surface area (Å²) in [5.74, 6) is -0.746. The summed E-state index contributed by atoms with van der Waals surface area (Å²) in [6.07, 6.45) is 1.42. The molecule has 0 saturated carbocycles. The predicted molar refractivity (Wildman–Crippen MR) is 42.0 cm³/mol. The summed E-state index contributed by atoms with van der Waals surface area (Å²) in [6, 6.07) is 2.91. The first-order valence-corrected chi connectivity index (χ1v) is 2.93. The molecular formula is C7H9N3O. The topological polar surface area (TPSA) is 68.0 Å². The fraction of sp³-hybridized carbons (Fsp3) is 0.143. The van der Waals surface area contributed by atoms with Crippen LogP contribution >= 0.6 is 0 Å². The van der Waals surface area contributed by atoms with E-state index in [4.69, 9.17) is 9.85 Å². The summed E-state index contributed by atoms with van der Waals surface area (Å²) in [4.78, 5) is 15.0. The van der Waals surface area contributed by atoms with Crippen molar-refractivity contribution in [1.29, 1.82) is 0 Å². The van der Waals surface area contributed by atoms with Crippen LogP contribution in [0, 0.1) is 0 Å². The van der Waals surface area contributed by atoms with E-state index >= 15 is 0 Å². The highest BCUT2D eigenvalue weighted by atomic mass is 16.1. The Balaban J connectivity index is 2.86. The summed E-state index contributed by atoms with van der Waals surface area (Å²) in [7, 11) is 0. The van der Waals surface area contributed by atoms with E-state index in [9.17, 15) is 4.79 Å². The highest BCUT2D eigenvalue weighted by Crippen LogP contribution is 2.05. The molecule has 0 radical (unpaired) electrons. The normalized spacial score (nSPS) is 14.4. The third-order valence-corrected chi connectivity index (χ3v) is 1.20. The Labute approximate surface area is 68.6 Å². The lowest BCUT2D eigenvalue weighted by Crippen LogP contribution is -2.19. The number of nitrogens with two attached hydrogens (primary N) is 1. The number of amides is 1. The Hall–Kier alpha value is -1.58. The van der Waals surface area contributed by atoms with E-state index in [1.807, 2.05) is 5.32 Å². The van der Waals surface area contributed by atoms with Crippen LogP contribution in [-0.2, 0) is 0 Å². The number of nitrogens with one attached hydrogen (secondary N) is 1. The number of rotatable bonds is 1. The second-order valence-corrected chi connectivity index (χ2v) is 1.89. The Morgan fingerprint density at radius 1 is 1.91 bits per heavy atom. The molecule has 0 aliphatic rings. The molecule has 4 heteroatoms. The lowest BCUT2D eigenvalue weighted by atomic mass is 10.2. The Kier molecular flexibility index (Phi) is 1.18. The molecule has 0 saturated heterocycles. The van der Waals surface area contributed by atoms with Gasteiger partial charge in [-0.3, -0.25) is 4.79 Å². The van der Waals surface area contributed by atoms with Crippen LogP contribution in [0.4, 0.5) is 5.82 Å². The van der Waals surface area contributed by atoms with Gasteiger partial charge >= 0.3 is 0 Å². The van der Waals surface area contributed by atoms with Gasteiger partial charge in [0.2, 0.25) is 0 Å². The molecule has 4 nitrogen and oxygen atoms in total. The van der Waals surface area contributed by atoms with Gasteiger partial charge in [0.15, 0.2) is 0 Å². The molecule has 0 aromatic carbocycles. The van der Waals surface area contributed by atoms with Crippen molar-refractivity contribution in [3.8, 4) is 0 Å². The number of nitrogens with zero attached hydrogens (tertiary/aromatic N) is 1. The maximum atomic E-state index is 11.3. The molecule has 0 fully saturated rings. The van der Waals surface area contributed by atoms with Crippen LogP contribution in [0.1, 0.15) is 14.5 Å². The van der Waals surface area contributed by atoms with Gasteiger partial charge in [0.05, 0.1) is 5.56 Å². The smallest absolute Gasteiger partial charge is 0.254 e. The van der Waals surface area contributed by atoms with E-state index in [1.165, 1.54) is 18.3 Å². The number of aromatic nitrogens is 1. The van der Waals surface area contributed by atoms with E-state index in [0.29, 0.717) is 0 Å². The maximum absolute atomic E-state index is 11.3. The number of anilines is 1. The minimum atomic E-state index is -2.51. The second-order valence-electron chi connectivity index (χ2n) is 1.89. The Morgan fingerprint density at radius 3 is 3.36 bits per heavy atom. The lowest BCUT2D eigenvalue weighted by Gasteiger charge is -2.00. The van der Waals surface area contributed by atoms with Crippen molar-refractivity contribution in [3.63, 3.8) is 0 Å². The second kappa shape index (κ2) is 3.01. The monoisotopic (exact) mass is 154 g/mol. The SMILES string of the molecule is [2H]C([2H])([2H])NC(=O)c1cccnc1N. The van der Waals surface area contributed by atoms with Crippen molar-refractivity contribution in [2.75, 3.05) is 12.7 Å². The number of pyridine rings is 1. The van der Waals surface area contributed by atoms with Gasteiger partial charge in [-0.05, 0) is 12.1 Å². The van der Waals surface area contributed by atoms with Crippen molar-refractivity contribution >= 4 is 11.7 Å². The molecule has 11 heavy (non-hydrogen) atoms. The average Bonchev–Trinajstić information content (AvgIpc) is 2.01. The van der Waals surface area contributed by atoms with E-state index in [2.05, 4.69) is 4.98 Å². The van der Waals surface area contributed by atoms with Gasteiger partial charge in [-0.25, -0.2) is 4.98 Å². The first kappa shape index (κ1) is 4.33. The summed E-state index contributed by atoms with van der Waals surface area (Å²) in [5, 5.41) is 1.82. The quantitative estimate of drug-likeness (QED) is 0.599. The van der Waals surface area contributed by atoms with Crippen molar-refractivity contribution in [1.82, 2.24) is 10.3 Å². The molecule has 3 N–H and O–H groups in total. The van der Waals surface area contributed by atoms with Crippen molar-refractivity contribution < 1.29 is 8.91 Å². The molecule has 1 heterocycles. The average molecular weight is 154 g/mol. The van der Waals surface area contributed by atoms with Crippen LogP contribution in [0.3, 0.4) is 0 Å². The van der Waals surface area contributed by atoms with Gasteiger partial charge in [0, 0.05) is 17.3 Å². The molecule has 0 unspecified atom stereocenters. The minimum Gasteiger partial charge on any atom is -0.383 e. The number of carbonyl (C=O) groups is 1. The minimum absolute atomic E-state index is 0.00856. The van der Waals surface area contributed by atoms with E-state index < -0.39 is 12.9 Å². The standard InChI is InChI=1S/C7H9N3O/c1-9-7(11)5-3-2-4-10-6(5)8/h2-4H,1H3,(H2,8,10)(H,9,11)/i1D3. The molecule has 1 aromatic heterocycles. The Bertz CT molecular complexity index is 350. The van der Waals surface area contributed by atoms with Crippen LogP contribution < -0.4 is 11.1 Å². The summed E-state index contributed by atoms with van der Waals surface area (Å²) in [5.41, 5.74) is 5.44. The first-order chi connectivity index (χ1) is 6.40. The number of hydrogen-bond donors (Lipinski definition) is 2. The highest BCUT2D eigenvalue weighted by molar-refractivity contribution is 5.97. The van der Waals surface area contributed by atoms with E-state index in [0.717, 1.165) is 0 Å². The fourth-order valence-corrected chi connectivity index (χ4v) is 0.677. The molecule has 0 aliphatic carbocycles. The predicted octanol–water partition coefficient (Wildman–Crippen LogP) is 0.0234. The summed E-state index contributed by atoms with van der Waals surface area (Å²) < 4.78 is 20.5. The van der Waals surface area contributed by atoms with Crippen LogP contribution in [0.2, 0.25) is 0 Å². The van der Waals surface area contributed by atoms with Gasteiger partial charge < -0.3 is 11.1 Å². The van der Waals surface area contributed by atoms with Crippen LogP contribution in [0.15, 0.2) is 18.3 Å². The lowest BCUT2D eigenvalue weighted by molar-refractivity contribution is 0.0963. The molecule has 1 rings (SSSR count). The Morgan fingerprint density at radius 2 is 2.73 bits per heavy atom.